The Hall–Kier alpha value is -3.59. The van der Waals surface area contributed by atoms with Gasteiger partial charge in [0.2, 0.25) is 0 Å². The Morgan fingerprint density at radius 1 is 0.686 bits per heavy atom. The van der Waals surface area contributed by atoms with Crippen LogP contribution in [-0.2, 0) is 0 Å². The van der Waals surface area contributed by atoms with Crippen LogP contribution >= 0.6 is 22.9 Å². The molecular formula is C32H28ClNS. The van der Waals surface area contributed by atoms with Gasteiger partial charge in [-0.05, 0) is 85.0 Å². The summed E-state index contributed by atoms with van der Waals surface area (Å²) >= 11 is 7.92. The summed E-state index contributed by atoms with van der Waals surface area (Å²) in [6.45, 7) is 7.91. The number of hydrogen-bond acceptors (Lipinski definition) is 2. The molecule has 5 aromatic rings. The SMILES string of the molecule is C/C=C\C.C=Cc1cc2ccc(N(c3ccc(Cl)cc3)c3ccc(-c4ccccc4)cc3)cc2s1. The summed E-state index contributed by atoms with van der Waals surface area (Å²) in [7, 11) is 0. The number of thiophene rings is 1. The highest BCUT2D eigenvalue weighted by Crippen LogP contribution is 2.39. The van der Waals surface area contributed by atoms with Crippen LogP contribution in [0.1, 0.15) is 18.7 Å². The molecule has 35 heavy (non-hydrogen) atoms. The molecule has 0 bridgehead atoms. The zero-order valence-electron chi connectivity index (χ0n) is 20.0. The maximum atomic E-state index is 6.17. The largest absolute Gasteiger partial charge is 0.310 e. The first-order chi connectivity index (χ1) is 17.1. The van der Waals surface area contributed by atoms with Gasteiger partial charge >= 0.3 is 0 Å². The molecule has 1 aromatic heterocycles. The number of benzene rings is 4. The van der Waals surface area contributed by atoms with Gasteiger partial charge < -0.3 is 4.90 Å². The molecular weight excluding hydrogens is 466 g/mol. The van der Waals surface area contributed by atoms with E-state index < -0.39 is 0 Å². The van der Waals surface area contributed by atoms with Crippen molar-refractivity contribution in [1.29, 1.82) is 0 Å². The van der Waals surface area contributed by atoms with E-state index in [0.717, 1.165) is 22.1 Å². The number of hydrogen-bond donors (Lipinski definition) is 0. The van der Waals surface area contributed by atoms with Gasteiger partial charge in [0.15, 0.2) is 0 Å². The Balaban J connectivity index is 0.000000672. The number of allylic oxidation sites excluding steroid dienone is 2. The molecule has 0 aliphatic rings. The third-order valence-electron chi connectivity index (χ3n) is 5.63. The van der Waals surface area contributed by atoms with Crippen molar-refractivity contribution in [2.45, 2.75) is 13.8 Å². The van der Waals surface area contributed by atoms with Crippen molar-refractivity contribution in [3.63, 3.8) is 0 Å². The van der Waals surface area contributed by atoms with Crippen molar-refractivity contribution in [3.05, 3.63) is 132 Å². The predicted molar refractivity (Wildman–Crippen MR) is 158 cm³/mol. The van der Waals surface area contributed by atoms with Crippen LogP contribution in [-0.4, -0.2) is 0 Å². The van der Waals surface area contributed by atoms with Crippen LogP contribution in [0.4, 0.5) is 17.1 Å². The molecule has 0 amide bonds. The quantitative estimate of drug-likeness (QED) is 0.220. The first-order valence-electron chi connectivity index (χ1n) is 11.6. The smallest absolute Gasteiger partial charge is 0.0476 e. The summed E-state index contributed by atoms with van der Waals surface area (Å²) in [4.78, 5) is 3.44. The number of fused-ring (bicyclic) bond motifs is 1. The minimum atomic E-state index is 0.729. The molecule has 0 saturated carbocycles. The van der Waals surface area contributed by atoms with Crippen LogP contribution in [0, 0.1) is 0 Å². The van der Waals surface area contributed by atoms with Crippen LogP contribution in [0.5, 0.6) is 0 Å². The topological polar surface area (TPSA) is 3.24 Å². The Labute approximate surface area is 217 Å². The second-order valence-corrected chi connectivity index (χ2v) is 9.52. The lowest BCUT2D eigenvalue weighted by Gasteiger charge is -2.26. The van der Waals surface area contributed by atoms with E-state index >= 15 is 0 Å². The van der Waals surface area contributed by atoms with Gasteiger partial charge in [-0.1, -0.05) is 84.9 Å². The summed E-state index contributed by atoms with van der Waals surface area (Å²) in [5.41, 5.74) is 5.69. The fourth-order valence-corrected chi connectivity index (χ4v) is 4.82. The summed E-state index contributed by atoms with van der Waals surface area (Å²) in [5, 5.41) is 1.96. The van der Waals surface area contributed by atoms with E-state index in [1.807, 2.05) is 50.3 Å². The number of nitrogens with zero attached hydrogens (tertiary/aromatic N) is 1. The van der Waals surface area contributed by atoms with Crippen LogP contribution in [0.3, 0.4) is 0 Å². The van der Waals surface area contributed by atoms with E-state index in [-0.39, 0.29) is 0 Å². The monoisotopic (exact) mass is 493 g/mol. The third-order valence-corrected chi connectivity index (χ3v) is 6.98. The Morgan fingerprint density at radius 2 is 1.26 bits per heavy atom. The molecule has 174 valence electrons. The van der Waals surface area contributed by atoms with Gasteiger partial charge in [-0.15, -0.1) is 11.3 Å². The molecule has 0 aliphatic heterocycles. The highest BCUT2D eigenvalue weighted by atomic mass is 35.5. The lowest BCUT2D eigenvalue weighted by atomic mass is 10.0. The molecule has 1 heterocycles. The molecule has 4 aromatic carbocycles. The molecule has 0 aliphatic carbocycles. The molecule has 0 unspecified atom stereocenters. The van der Waals surface area contributed by atoms with Crippen LogP contribution in [0.2, 0.25) is 5.02 Å². The van der Waals surface area contributed by atoms with E-state index in [4.69, 9.17) is 11.6 Å². The number of rotatable bonds is 5. The molecule has 1 nitrogen and oxygen atoms in total. The lowest BCUT2D eigenvalue weighted by molar-refractivity contribution is 1.29. The maximum absolute atomic E-state index is 6.17. The summed E-state index contributed by atoms with van der Waals surface area (Å²) in [5.74, 6) is 0. The fraction of sp³-hybridized carbons (Fsp3) is 0.0625. The van der Waals surface area contributed by atoms with Crippen molar-refractivity contribution < 1.29 is 0 Å². The molecule has 5 rings (SSSR count). The van der Waals surface area contributed by atoms with Gasteiger partial charge in [-0.2, -0.15) is 0 Å². The second-order valence-electron chi connectivity index (χ2n) is 7.97. The van der Waals surface area contributed by atoms with Crippen LogP contribution in [0.25, 0.3) is 27.3 Å². The van der Waals surface area contributed by atoms with Gasteiger partial charge in [-0.3, -0.25) is 0 Å². The van der Waals surface area contributed by atoms with Crippen molar-refractivity contribution in [2.24, 2.45) is 0 Å². The summed E-state index contributed by atoms with van der Waals surface area (Å²) in [6.07, 6.45) is 5.91. The Kier molecular flexibility index (Phi) is 8.20. The van der Waals surface area contributed by atoms with Crippen molar-refractivity contribution in [3.8, 4) is 11.1 Å². The average Bonchev–Trinajstić information content (AvgIpc) is 3.34. The zero-order chi connectivity index (χ0) is 24.6. The van der Waals surface area contributed by atoms with E-state index in [9.17, 15) is 0 Å². The van der Waals surface area contributed by atoms with Crippen molar-refractivity contribution in [2.75, 3.05) is 4.90 Å². The van der Waals surface area contributed by atoms with E-state index in [0.29, 0.717) is 0 Å². The van der Waals surface area contributed by atoms with Gasteiger partial charge in [-0.25, -0.2) is 0 Å². The zero-order valence-corrected chi connectivity index (χ0v) is 21.6. The van der Waals surface area contributed by atoms with Gasteiger partial charge in [0.05, 0.1) is 0 Å². The summed E-state index contributed by atoms with van der Waals surface area (Å²) in [6, 6.07) is 35.9. The molecule has 0 spiro atoms. The number of anilines is 3. The molecule has 0 saturated heterocycles. The normalized spacial score (nSPS) is 10.7. The van der Waals surface area contributed by atoms with Crippen LogP contribution in [0.15, 0.2) is 122 Å². The lowest BCUT2D eigenvalue weighted by Crippen LogP contribution is -2.09. The third kappa shape index (κ3) is 5.92. The highest BCUT2D eigenvalue weighted by molar-refractivity contribution is 7.19. The average molecular weight is 494 g/mol. The Bertz CT molecular complexity index is 1410. The fourth-order valence-electron chi connectivity index (χ4n) is 3.75. The van der Waals surface area contributed by atoms with E-state index in [1.54, 1.807) is 11.3 Å². The maximum Gasteiger partial charge on any atom is 0.0476 e. The van der Waals surface area contributed by atoms with Gasteiger partial charge in [0, 0.05) is 31.7 Å². The minimum absolute atomic E-state index is 0.729. The Morgan fingerprint density at radius 3 is 1.86 bits per heavy atom. The first kappa shape index (κ1) is 24.5. The molecule has 3 heteroatoms. The molecule has 0 fully saturated rings. The van der Waals surface area contributed by atoms with Crippen molar-refractivity contribution in [1.82, 2.24) is 0 Å². The minimum Gasteiger partial charge on any atom is -0.310 e. The predicted octanol–water partition coefficient (Wildman–Crippen LogP) is 10.9. The molecule has 0 radical (unpaired) electrons. The van der Waals surface area contributed by atoms with E-state index in [1.165, 1.54) is 26.1 Å². The van der Waals surface area contributed by atoms with E-state index in [2.05, 4.69) is 96.4 Å². The van der Waals surface area contributed by atoms with Crippen molar-refractivity contribution >= 4 is 56.2 Å². The standard InChI is InChI=1S/C28H20ClNS.C4H8/c1-2-27-18-22-10-15-26(19-28(22)31-27)30(25-16-11-23(29)12-17-25)24-13-8-21(9-14-24)20-6-4-3-5-7-20;1-3-4-2/h2-19H,1H2;3-4H,1-2H3/b;4-3-. The molecule has 0 atom stereocenters. The second kappa shape index (κ2) is 11.7. The van der Waals surface area contributed by atoms with Crippen LogP contribution < -0.4 is 4.90 Å². The number of halogens is 1. The van der Waals surface area contributed by atoms with Gasteiger partial charge in [0.25, 0.3) is 0 Å². The van der Waals surface area contributed by atoms with Gasteiger partial charge in [0.1, 0.15) is 0 Å². The highest BCUT2D eigenvalue weighted by Gasteiger charge is 2.14. The first-order valence-corrected chi connectivity index (χ1v) is 12.8. The summed E-state index contributed by atoms with van der Waals surface area (Å²) < 4.78 is 1.24. The molecule has 0 N–H and O–H groups in total.